The quantitative estimate of drug-likeness (QED) is 0.489. The van der Waals surface area contributed by atoms with Crippen LogP contribution in [0.2, 0.25) is 0 Å². The molecule has 8 heteroatoms. The summed E-state index contributed by atoms with van der Waals surface area (Å²) in [5, 5.41) is 24.8. The summed E-state index contributed by atoms with van der Waals surface area (Å²) >= 11 is 0. The van der Waals surface area contributed by atoms with Gasteiger partial charge < -0.3 is 24.8 Å². The summed E-state index contributed by atoms with van der Waals surface area (Å²) in [6.45, 7) is 6.25. The lowest BCUT2D eigenvalue weighted by molar-refractivity contribution is 0.393. The van der Waals surface area contributed by atoms with Crippen molar-refractivity contribution in [3.63, 3.8) is 0 Å². The molecule has 1 N–H and O–H groups in total. The van der Waals surface area contributed by atoms with E-state index in [-0.39, 0.29) is 6.04 Å². The maximum Gasteiger partial charge on any atom is 0.233 e. The van der Waals surface area contributed by atoms with E-state index in [1.54, 1.807) is 7.11 Å². The molecule has 1 unspecified atom stereocenters. The second-order valence-electron chi connectivity index (χ2n) is 10.9. The third kappa shape index (κ3) is 5.93. The van der Waals surface area contributed by atoms with E-state index in [9.17, 15) is 5.26 Å². The fourth-order valence-corrected chi connectivity index (χ4v) is 6.16. The number of terminal acetylenes is 1. The Labute approximate surface area is 243 Å². The first-order chi connectivity index (χ1) is 20.1. The van der Waals surface area contributed by atoms with E-state index in [2.05, 4.69) is 63.3 Å². The largest absolute Gasteiger partial charge is 0.480 e. The molecular weight excluding hydrogens is 510 g/mol. The number of pyridine rings is 1. The van der Waals surface area contributed by atoms with Crippen molar-refractivity contribution < 1.29 is 4.74 Å². The number of piperazine rings is 1. The zero-order valence-electron chi connectivity index (χ0n) is 24.0. The van der Waals surface area contributed by atoms with Crippen LogP contribution in [-0.4, -0.2) is 69.4 Å². The standard InChI is InChI=1S/C28H26N6O.C5H11N/c1-3-19-6-4-7-20-8-5-9-25(26(19)20)33-14-11-22-24(18-33)23(16-30)28(35-2)32-27(22)34-15-13-31-21(17-34)10-12-29;1-6-4-2-3-5-6/h1,4-9,21,31H,10-11,13-15,17-18H2,2H3;2-5H2,1H3. The van der Waals surface area contributed by atoms with Gasteiger partial charge in [0.2, 0.25) is 5.88 Å². The number of anilines is 2. The SMILES string of the molecule is C#Cc1cccc2cccc(N3CCc4c(N5CCNC(CC#N)C5)nc(OC)c(C#N)c4C3)c12.CN1CCCC1. The predicted octanol–water partition coefficient (Wildman–Crippen LogP) is 4.06. The second-order valence-corrected chi connectivity index (χ2v) is 10.9. The maximum atomic E-state index is 10.1. The Hall–Kier alpha value is -4.29. The van der Waals surface area contributed by atoms with Gasteiger partial charge >= 0.3 is 0 Å². The number of aromatic nitrogens is 1. The van der Waals surface area contributed by atoms with Crippen molar-refractivity contribution in [1.29, 1.82) is 10.5 Å². The van der Waals surface area contributed by atoms with E-state index in [1.165, 1.54) is 25.9 Å². The highest BCUT2D eigenvalue weighted by molar-refractivity contribution is 5.99. The monoisotopic (exact) mass is 547 g/mol. The maximum absolute atomic E-state index is 10.1. The van der Waals surface area contributed by atoms with Gasteiger partial charge in [-0.05, 0) is 56.9 Å². The van der Waals surface area contributed by atoms with E-state index in [1.807, 2.05) is 18.2 Å². The summed E-state index contributed by atoms with van der Waals surface area (Å²) in [5.74, 6) is 4.04. The number of hydrogen-bond acceptors (Lipinski definition) is 8. The number of fused-ring (bicyclic) bond motifs is 2. The Morgan fingerprint density at radius 1 is 1.05 bits per heavy atom. The van der Waals surface area contributed by atoms with Crippen molar-refractivity contribution in [2.24, 2.45) is 0 Å². The first-order valence-corrected chi connectivity index (χ1v) is 14.3. The van der Waals surface area contributed by atoms with Gasteiger partial charge in [0.15, 0.2) is 0 Å². The minimum absolute atomic E-state index is 0.0887. The number of rotatable bonds is 4. The van der Waals surface area contributed by atoms with Crippen LogP contribution in [0.4, 0.5) is 11.5 Å². The van der Waals surface area contributed by atoms with E-state index in [4.69, 9.17) is 21.4 Å². The van der Waals surface area contributed by atoms with Gasteiger partial charge in [-0.2, -0.15) is 15.5 Å². The van der Waals surface area contributed by atoms with Crippen molar-refractivity contribution >= 4 is 22.3 Å². The summed E-state index contributed by atoms with van der Waals surface area (Å²) in [7, 11) is 3.73. The average molecular weight is 548 g/mol. The highest BCUT2D eigenvalue weighted by atomic mass is 16.5. The van der Waals surface area contributed by atoms with Crippen molar-refractivity contribution in [3.8, 4) is 30.4 Å². The molecule has 41 heavy (non-hydrogen) atoms. The lowest BCUT2D eigenvalue weighted by Crippen LogP contribution is -2.51. The highest BCUT2D eigenvalue weighted by Gasteiger charge is 2.31. The Morgan fingerprint density at radius 3 is 2.49 bits per heavy atom. The van der Waals surface area contributed by atoms with E-state index >= 15 is 0 Å². The molecule has 0 radical (unpaired) electrons. The van der Waals surface area contributed by atoms with Crippen LogP contribution in [0.5, 0.6) is 5.88 Å². The number of methoxy groups -OCH3 is 1. The number of nitriles is 2. The van der Waals surface area contributed by atoms with Gasteiger partial charge in [-0.1, -0.05) is 30.2 Å². The average Bonchev–Trinajstić information content (AvgIpc) is 3.50. The molecule has 2 fully saturated rings. The summed E-state index contributed by atoms with van der Waals surface area (Å²) in [6.07, 6.45) is 9.86. The molecule has 2 saturated heterocycles. The van der Waals surface area contributed by atoms with Crippen LogP contribution in [-0.2, 0) is 13.0 Å². The zero-order valence-corrected chi connectivity index (χ0v) is 24.0. The van der Waals surface area contributed by atoms with E-state index < -0.39 is 0 Å². The number of likely N-dealkylation sites (tertiary alicyclic amines) is 1. The van der Waals surface area contributed by atoms with Crippen molar-refractivity contribution in [2.75, 3.05) is 63.2 Å². The van der Waals surface area contributed by atoms with Gasteiger partial charge in [0.05, 0.1) is 19.6 Å². The second kappa shape index (κ2) is 12.9. The Morgan fingerprint density at radius 2 is 1.83 bits per heavy atom. The molecule has 6 rings (SSSR count). The molecule has 0 amide bonds. The molecule has 1 aromatic heterocycles. The molecule has 3 aromatic rings. The number of nitrogens with zero attached hydrogens (tertiary/aromatic N) is 6. The summed E-state index contributed by atoms with van der Waals surface area (Å²) in [6, 6.07) is 16.9. The molecule has 2 aromatic carbocycles. The van der Waals surface area contributed by atoms with Crippen LogP contribution < -0.4 is 19.9 Å². The molecule has 8 nitrogen and oxygen atoms in total. The lowest BCUT2D eigenvalue weighted by Gasteiger charge is -2.38. The lowest BCUT2D eigenvalue weighted by atomic mass is 9.94. The molecule has 3 aliphatic rings. The van der Waals surface area contributed by atoms with Crippen LogP contribution in [0.1, 0.15) is 41.5 Å². The summed E-state index contributed by atoms with van der Waals surface area (Å²) < 4.78 is 5.58. The van der Waals surface area contributed by atoms with Crippen LogP contribution in [0.25, 0.3) is 10.8 Å². The topological polar surface area (TPSA) is 91.5 Å². The molecular formula is C33H37N7O. The van der Waals surface area contributed by atoms with Crippen LogP contribution >= 0.6 is 0 Å². The Kier molecular flexibility index (Phi) is 8.90. The van der Waals surface area contributed by atoms with Gasteiger partial charge in [-0.25, -0.2) is 0 Å². The summed E-state index contributed by atoms with van der Waals surface area (Å²) in [5.41, 5.74) is 4.46. The molecule has 0 spiro atoms. The van der Waals surface area contributed by atoms with Gasteiger partial charge in [-0.15, -0.1) is 6.42 Å². The zero-order chi connectivity index (χ0) is 28.8. The predicted molar refractivity (Wildman–Crippen MR) is 163 cm³/mol. The Balaban J connectivity index is 0.000000500. The van der Waals surface area contributed by atoms with Crippen LogP contribution in [0, 0.1) is 35.0 Å². The van der Waals surface area contributed by atoms with Gasteiger partial charge in [-0.3, -0.25) is 0 Å². The van der Waals surface area contributed by atoms with Gasteiger partial charge in [0.1, 0.15) is 17.5 Å². The van der Waals surface area contributed by atoms with Crippen molar-refractivity contribution in [2.45, 2.75) is 38.3 Å². The molecule has 4 heterocycles. The fourth-order valence-electron chi connectivity index (χ4n) is 6.16. The van der Waals surface area contributed by atoms with Crippen LogP contribution in [0.3, 0.4) is 0 Å². The number of ether oxygens (including phenoxy) is 1. The van der Waals surface area contributed by atoms with Gasteiger partial charge in [0.25, 0.3) is 0 Å². The summed E-state index contributed by atoms with van der Waals surface area (Å²) in [4.78, 5) is 11.7. The first kappa shape index (κ1) is 28.2. The van der Waals surface area contributed by atoms with Crippen molar-refractivity contribution in [1.82, 2.24) is 15.2 Å². The molecule has 3 aliphatic heterocycles. The molecule has 0 bridgehead atoms. The minimum Gasteiger partial charge on any atom is -0.480 e. The molecule has 0 saturated carbocycles. The van der Waals surface area contributed by atoms with Crippen molar-refractivity contribution in [3.05, 3.63) is 58.7 Å². The van der Waals surface area contributed by atoms with Gasteiger partial charge in [0, 0.05) is 66.5 Å². The molecule has 210 valence electrons. The van der Waals surface area contributed by atoms with E-state index in [0.717, 1.165) is 65.0 Å². The van der Waals surface area contributed by atoms with Crippen LogP contribution in [0.15, 0.2) is 36.4 Å². The number of hydrogen-bond donors (Lipinski definition) is 1. The molecule has 0 aliphatic carbocycles. The number of benzene rings is 2. The smallest absolute Gasteiger partial charge is 0.233 e. The minimum atomic E-state index is 0.0887. The third-order valence-electron chi connectivity index (χ3n) is 8.24. The Bertz CT molecular complexity index is 1520. The normalized spacial score (nSPS) is 18.5. The first-order valence-electron chi connectivity index (χ1n) is 14.3. The third-order valence-corrected chi connectivity index (χ3v) is 8.24. The fraction of sp³-hybridized carbons (Fsp3) is 0.424. The molecule has 1 atom stereocenters. The highest BCUT2D eigenvalue weighted by Crippen LogP contribution is 2.38. The number of nitrogens with one attached hydrogen (secondary N) is 1. The van der Waals surface area contributed by atoms with E-state index in [0.29, 0.717) is 31.0 Å².